The molecule has 1 aromatic rings. The molecule has 88 valence electrons. The van der Waals surface area contributed by atoms with E-state index in [1.165, 1.54) is 13.2 Å². The molecule has 1 atom stereocenters. The van der Waals surface area contributed by atoms with Crippen molar-refractivity contribution in [3.05, 3.63) is 33.9 Å². The number of nitrogens with two attached hydrogens (primary N) is 1. The molecule has 0 radical (unpaired) electrons. The van der Waals surface area contributed by atoms with Crippen LogP contribution in [0.25, 0.3) is 0 Å². The third-order valence-electron chi connectivity index (χ3n) is 2.27. The van der Waals surface area contributed by atoms with Gasteiger partial charge < -0.3 is 15.6 Å². The fourth-order valence-electron chi connectivity index (χ4n) is 1.42. The molecule has 0 saturated carbocycles. The molecule has 0 amide bonds. The summed E-state index contributed by atoms with van der Waals surface area (Å²) in [5, 5.41) is 19.6. The van der Waals surface area contributed by atoms with Crippen LogP contribution in [0.2, 0.25) is 0 Å². The first-order valence-electron chi connectivity index (χ1n) is 4.79. The molecule has 0 aromatic heterocycles. The number of rotatable bonds is 5. The summed E-state index contributed by atoms with van der Waals surface area (Å²) in [6.45, 7) is -0.107. The van der Waals surface area contributed by atoms with Gasteiger partial charge in [-0.05, 0) is 18.6 Å². The van der Waals surface area contributed by atoms with E-state index in [1.807, 2.05) is 0 Å². The van der Waals surface area contributed by atoms with Gasteiger partial charge >= 0.3 is 0 Å². The Hall–Kier alpha value is -1.66. The van der Waals surface area contributed by atoms with Crippen molar-refractivity contribution in [1.29, 1.82) is 0 Å². The lowest BCUT2D eigenvalue weighted by atomic mass is 10.0. The second-order valence-corrected chi connectivity index (χ2v) is 3.30. The standard InChI is InChI=1S/C10H14N2O4/c1-16-7-2-3-8(9(11)4-5-13)10(6-7)12(14)15/h2-3,6,9,13H,4-5,11H2,1H3. The second kappa shape index (κ2) is 5.43. The van der Waals surface area contributed by atoms with Gasteiger partial charge in [-0.2, -0.15) is 0 Å². The summed E-state index contributed by atoms with van der Waals surface area (Å²) in [4.78, 5) is 10.3. The van der Waals surface area contributed by atoms with Crippen molar-refractivity contribution in [3.63, 3.8) is 0 Å². The molecule has 0 heterocycles. The predicted molar refractivity (Wildman–Crippen MR) is 58.3 cm³/mol. The second-order valence-electron chi connectivity index (χ2n) is 3.30. The smallest absolute Gasteiger partial charge is 0.277 e. The van der Waals surface area contributed by atoms with E-state index < -0.39 is 11.0 Å². The Morgan fingerprint density at radius 1 is 1.62 bits per heavy atom. The summed E-state index contributed by atoms with van der Waals surface area (Å²) in [5.74, 6) is 0.409. The molecule has 6 heteroatoms. The number of nitro groups is 1. The summed E-state index contributed by atoms with van der Waals surface area (Å²) >= 11 is 0. The molecular weight excluding hydrogens is 212 g/mol. The number of methoxy groups -OCH3 is 1. The van der Waals surface area contributed by atoms with Crippen molar-refractivity contribution in [2.24, 2.45) is 5.73 Å². The molecule has 0 aliphatic heterocycles. The fourth-order valence-corrected chi connectivity index (χ4v) is 1.42. The number of aliphatic hydroxyl groups is 1. The minimum atomic E-state index is -0.545. The fraction of sp³-hybridized carbons (Fsp3) is 0.400. The Labute approximate surface area is 92.8 Å². The zero-order chi connectivity index (χ0) is 12.1. The highest BCUT2D eigenvalue weighted by Crippen LogP contribution is 2.29. The van der Waals surface area contributed by atoms with Gasteiger partial charge in [0.1, 0.15) is 5.75 Å². The minimum absolute atomic E-state index is 0.0831. The normalized spacial score (nSPS) is 12.2. The van der Waals surface area contributed by atoms with Crippen molar-refractivity contribution >= 4 is 5.69 Å². The van der Waals surface area contributed by atoms with E-state index in [1.54, 1.807) is 12.1 Å². The van der Waals surface area contributed by atoms with Crippen LogP contribution >= 0.6 is 0 Å². The van der Waals surface area contributed by atoms with Gasteiger partial charge in [-0.1, -0.05) is 0 Å². The van der Waals surface area contributed by atoms with Crippen LogP contribution < -0.4 is 10.5 Å². The van der Waals surface area contributed by atoms with E-state index in [4.69, 9.17) is 15.6 Å². The third kappa shape index (κ3) is 2.68. The molecule has 1 unspecified atom stereocenters. The highest BCUT2D eigenvalue weighted by atomic mass is 16.6. The molecule has 1 rings (SSSR count). The maximum Gasteiger partial charge on any atom is 0.277 e. The van der Waals surface area contributed by atoms with Gasteiger partial charge in [-0.15, -0.1) is 0 Å². The molecule has 0 saturated heterocycles. The average molecular weight is 226 g/mol. The maximum atomic E-state index is 10.8. The van der Waals surface area contributed by atoms with Gasteiger partial charge in [-0.3, -0.25) is 10.1 Å². The Balaban J connectivity index is 3.12. The van der Waals surface area contributed by atoms with Crippen LogP contribution in [0.15, 0.2) is 18.2 Å². The molecule has 16 heavy (non-hydrogen) atoms. The molecule has 0 aliphatic carbocycles. The van der Waals surface area contributed by atoms with E-state index in [2.05, 4.69) is 0 Å². The Morgan fingerprint density at radius 2 is 2.31 bits per heavy atom. The highest BCUT2D eigenvalue weighted by molar-refractivity contribution is 5.47. The lowest BCUT2D eigenvalue weighted by Crippen LogP contribution is -2.13. The number of ether oxygens (including phenoxy) is 1. The van der Waals surface area contributed by atoms with Crippen LogP contribution in [0.1, 0.15) is 18.0 Å². The van der Waals surface area contributed by atoms with Gasteiger partial charge in [0.25, 0.3) is 5.69 Å². The molecule has 0 spiro atoms. The zero-order valence-corrected chi connectivity index (χ0v) is 8.92. The molecule has 1 aromatic carbocycles. The van der Waals surface area contributed by atoms with Gasteiger partial charge in [0.2, 0.25) is 0 Å². The lowest BCUT2D eigenvalue weighted by molar-refractivity contribution is -0.385. The number of hydrogen-bond acceptors (Lipinski definition) is 5. The molecule has 0 aliphatic rings. The zero-order valence-electron chi connectivity index (χ0n) is 8.92. The van der Waals surface area contributed by atoms with Gasteiger partial charge in [-0.25, -0.2) is 0 Å². The van der Waals surface area contributed by atoms with Crippen molar-refractivity contribution < 1.29 is 14.8 Å². The van der Waals surface area contributed by atoms with E-state index in [0.717, 1.165) is 0 Å². The highest BCUT2D eigenvalue weighted by Gasteiger charge is 2.19. The third-order valence-corrected chi connectivity index (χ3v) is 2.27. The first-order valence-corrected chi connectivity index (χ1v) is 4.79. The summed E-state index contributed by atoms with van der Waals surface area (Å²) in [7, 11) is 1.44. The van der Waals surface area contributed by atoms with Gasteiger partial charge in [0.15, 0.2) is 0 Å². The molecule has 0 bridgehead atoms. The SMILES string of the molecule is COc1ccc(C(N)CCO)c([N+](=O)[O-])c1. The van der Waals surface area contributed by atoms with Crippen molar-refractivity contribution in [1.82, 2.24) is 0 Å². The first-order chi connectivity index (χ1) is 7.60. The maximum absolute atomic E-state index is 10.8. The number of nitrogens with zero attached hydrogens (tertiary/aromatic N) is 1. The quantitative estimate of drug-likeness (QED) is 0.576. The van der Waals surface area contributed by atoms with Crippen LogP contribution in [-0.2, 0) is 0 Å². The van der Waals surface area contributed by atoms with Crippen molar-refractivity contribution in [2.75, 3.05) is 13.7 Å². The van der Waals surface area contributed by atoms with Gasteiger partial charge in [0.05, 0.1) is 18.1 Å². The predicted octanol–water partition coefficient (Wildman–Crippen LogP) is 0.986. The van der Waals surface area contributed by atoms with Crippen LogP contribution in [0.4, 0.5) is 5.69 Å². The van der Waals surface area contributed by atoms with Gasteiger partial charge in [0, 0.05) is 18.2 Å². The average Bonchev–Trinajstić information content (AvgIpc) is 2.28. The van der Waals surface area contributed by atoms with E-state index in [0.29, 0.717) is 11.3 Å². The summed E-state index contributed by atoms with van der Waals surface area (Å²) < 4.78 is 4.91. The van der Waals surface area contributed by atoms with Crippen LogP contribution in [0.3, 0.4) is 0 Å². The molecule has 6 nitrogen and oxygen atoms in total. The van der Waals surface area contributed by atoms with Crippen molar-refractivity contribution in [3.8, 4) is 5.75 Å². The lowest BCUT2D eigenvalue weighted by Gasteiger charge is -2.11. The topological polar surface area (TPSA) is 98.6 Å². The monoisotopic (exact) mass is 226 g/mol. The van der Waals surface area contributed by atoms with Crippen LogP contribution in [-0.4, -0.2) is 23.7 Å². The Bertz CT molecular complexity index is 381. The van der Waals surface area contributed by atoms with E-state index >= 15 is 0 Å². The number of benzene rings is 1. The van der Waals surface area contributed by atoms with Crippen LogP contribution in [0.5, 0.6) is 5.75 Å². The Kier molecular flexibility index (Phi) is 4.21. The number of aliphatic hydroxyl groups excluding tert-OH is 1. The van der Waals surface area contributed by atoms with E-state index in [9.17, 15) is 10.1 Å². The molecule has 3 N–H and O–H groups in total. The number of hydrogen-bond donors (Lipinski definition) is 2. The van der Waals surface area contributed by atoms with E-state index in [-0.39, 0.29) is 18.7 Å². The first kappa shape index (κ1) is 12.4. The van der Waals surface area contributed by atoms with Crippen molar-refractivity contribution in [2.45, 2.75) is 12.5 Å². The largest absolute Gasteiger partial charge is 0.497 e. The summed E-state index contributed by atoms with van der Waals surface area (Å²) in [6.07, 6.45) is 0.285. The Morgan fingerprint density at radius 3 is 2.81 bits per heavy atom. The van der Waals surface area contributed by atoms with Crippen LogP contribution in [0, 0.1) is 10.1 Å². The number of nitro benzene ring substituents is 1. The summed E-state index contributed by atoms with van der Waals surface area (Å²) in [5.41, 5.74) is 6.05. The summed E-state index contributed by atoms with van der Waals surface area (Å²) in [6, 6.07) is 3.94. The molecular formula is C10H14N2O4. The minimum Gasteiger partial charge on any atom is -0.497 e. The molecule has 0 fully saturated rings.